The van der Waals surface area contributed by atoms with Crippen LogP contribution in [-0.2, 0) is 0 Å². The van der Waals surface area contributed by atoms with Gasteiger partial charge in [0, 0.05) is 6.21 Å². The van der Waals surface area contributed by atoms with Crippen molar-refractivity contribution in [1.82, 2.24) is 0 Å². The van der Waals surface area contributed by atoms with E-state index in [1.54, 1.807) is 18.2 Å². The van der Waals surface area contributed by atoms with E-state index in [2.05, 4.69) is 0 Å². The van der Waals surface area contributed by atoms with E-state index in [0.29, 0.717) is 5.56 Å². The van der Waals surface area contributed by atoms with E-state index in [9.17, 15) is 5.11 Å². The van der Waals surface area contributed by atoms with Gasteiger partial charge in [-0.3, -0.25) is 0 Å². The van der Waals surface area contributed by atoms with Gasteiger partial charge in [0.1, 0.15) is 0 Å². The van der Waals surface area contributed by atoms with Gasteiger partial charge in [-0.15, -0.1) is 5.75 Å². The molecule has 0 aliphatic carbocycles. The summed E-state index contributed by atoms with van der Waals surface area (Å²) in [5.74, 6) is -0.0903. The van der Waals surface area contributed by atoms with Crippen LogP contribution in [0.4, 0.5) is 0 Å². The summed E-state index contributed by atoms with van der Waals surface area (Å²) in [6.07, 6.45) is 1.06. The minimum absolute atomic E-state index is 0.0903. The molecule has 0 spiro atoms. The smallest absolute Gasteiger partial charge is 0.0244 e. The first kappa shape index (κ1) is 5.82. The zero-order chi connectivity index (χ0) is 6.69. The Bertz CT molecular complexity index is 220. The predicted octanol–water partition coefficient (Wildman–Crippen LogP) is 0.758. The number of rotatable bonds is 1. The number of hydrogen-bond acceptors (Lipinski definition) is 2. The first-order valence-corrected chi connectivity index (χ1v) is 2.61. The normalized spacial score (nSPS) is 8.89. The lowest BCUT2D eigenvalue weighted by Gasteiger charge is -2.06. The van der Waals surface area contributed by atoms with Gasteiger partial charge >= 0.3 is 0 Å². The maximum Gasteiger partial charge on any atom is 0.0244 e. The summed E-state index contributed by atoms with van der Waals surface area (Å²) in [6.45, 7) is 0. The second-order valence-electron chi connectivity index (χ2n) is 1.68. The molecule has 0 atom stereocenters. The van der Waals surface area contributed by atoms with Gasteiger partial charge in [0.2, 0.25) is 0 Å². The molecular weight excluding hydrogens is 114 g/mol. The van der Waals surface area contributed by atoms with Crippen LogP contribution in [0.15, 0.2) is 24.3 Å². The van der Waals surface area contributed by atoms with E-state index in [1.165, 1.54) is 6.07 Å². The molecule has 0 fully saturated rings. The van der Waals surface area contributed by atoms with E-state index in [1.807, 2.05) is 0 Å². The van der Waals surface area contributed by atoms with E-state index in [0.717, 1.165) is 6.21 Å². The number of para-hydroxylation sites is 1. The highest BCUT2D eigenvalue weighted by atomic mass is 16.3. The molecule has 2 heteroatoms. The second-order valence-corrected chi connectivity index (χ2v) is 1.68. The highest BCUT2D eigenvalue weighted by molar-refractivity contribution is 5.80. The average molecular weight is 120 g/mol. The van der Waals surface area contributed by atoms with Crippen LogP contribution in [0.3, 0.4) is 0 Å². The zero-order valence-electron chi connectivity index (χ0n) is 4.79. The molecule has 0 saturated heterocycles. The monoisotopic (exact) mass is 120 g/mol. The van der Waals surface area contributed by atoms with Gasteiger partial charge in [0.15, 0.2) is 0 Å². The fourth-order valence-corrected chi connectivity index (χ4v) is 0.600. The van der Waals surface area contributed by atoms with E-state index in [-0.39, 0.29) is 5.75 Å². The lowest BCUT2D eigenvalue weighted by molar-refractivity contribution is -0.268. The van der Waals surface area contributed by atoms with E-state index >= 15 is 0 Å². The van der Waals surface area contributed by atoms with Crippen molar-refractivity contribution in [3.05, 3.63) is 29.8 Å². The topological polar surface area (TPSA) is 46.9 Å². The minimum atomic E-state index is -0.0903. The summed E-state index contributed by atoms with van der Waals surface area (Å²) in [7, 11) is 0. The molecule has 9 heavy (non-hydrogen) atoms. The summed E-state index contributed by atoms with van der Waals surface area (Å²) in [4.78, 5) is 0. The van der Waals surface area contributed by atoms with Crippen LogP contribution in [-0.4, -0.2) is 6.21 Å². The van der Waals surface area contributed by atoms with Gasteiger partial charge < -0.3 is 10.5 Å². The Kier molecular flexibility index (Phi) is 1.49. The maximum atomic E-state index is 10.7. The highest BCUT2D eigenvalue weighted by Gasteiger charge is 1.82. The molecule has 1 N–H and O–H groups in total. The molecular formula is C7H6NO-. The van der Waals surface area contributed by atoms with Crippen molar-refractivity contribution >= 4 is 6.21 Å². The van der Waals surface area contributed by atoms with Crippen LogP contribution in [0, 0.1) is 5.41 Å². The Morgan fingerprint density at radius 2 is 2.00 bits per heavy atom. The summed E-state index contributed by atoms with van der Waals surface area (Å²) in [6, 6.07) is 6.47. The molecule has 1 rings (SSSR count). The third kappa shape index (κ3) is 1.08. The summed E-state index contributed by atoms with van der Waals surface area (Å²) in [5.41, 5.74) is 0.442. The standard InChI is InChI=1S/C7H7NO/c8-5-6-3-1-2-4-7(6)9/h1-5,8-9H/p-1. The molecule has 46 valence electrons. The fraction of sp³-hybridized carbons (Fsp3) is 0. The van der Waals surface area contributed by atoms with Crippen molar-refractivity contribution < 1.29 is 5.11 Å². The molecule has 0 aliphatic rings. The summed E-state index contributed by atoms with van der Waals surface area (Å²) >= 11 is 0. The van der Waals surface area contributed by atoms with Crippen molar-refractivity contribution in [2.24, 2.45) is 0 Å². The molecule has 0 heterocycles. The second kappa shape index (κ2) is 2.31. The number of benzene rings is 1. The third-order valence-corrected chi connectivity index (χ3v) is 1.07. The maximum absolute atomic E-state index is 10.7. The van der Waals surface area contributed by atoms with E-state index < -0.39 is 0 Å². The predicted molar refractivity (Wildman–Crippen MR) is 33.8 cm³/mol. The minimum Gasteiger partial charge on any atom is -0.872 e. The van der Waals surface area contributed by atoms with Crippen LogP contribution in [0.2, 0.25) is 0 Å². The quantitative estimate of drug-likeness (QED) is 0.546. The summed E-state index contributed by atoms with van der Waals surface area (Å²) < 4.78 is 0. The van der Waals surface area contributed by atoms with Crippen LogP contribution in [0.25, 0.3) is 0 Å². The van der Waals surface area contributed by atoms with Gasteiger partial charge in [-0.25, -0.2) is 0 Å². The van der Waals surface area contributed by atoms with Crippen molar-refractivity contribution in [2.45, 2.75) is 0 Å². The fourth-order valence-electron chi connectivity index (χ4n) is 0.600. The molecule has 0 saturated carbocycles. The summed E-state index contributed by atoms with van der Waals surface area (Å²) in [5, 5.41) is 17.5. The van der Waals surface area contributed by atoms with Crippen molar-refractivity contribution in [2.75, 3.05) is 0 Å². The Morgan fingerprint density at radius 1 is 1.33 bits per heavy atom. The molecule has 0 unspecified atom stereocenters. The number of nitrogens with one attached hydrogen (secondary N) is 1. The zero-order valence-corrected chi connectivity index (χ0v) is 4.79. The average Bonchev–Trinajstić information content (AvgIpc) is 1.89. The lowest BCUT2D eigenvalue weighted by atomic mass is 10.2. The largest absolute Gasteiger partial charge is 0.872 e. The Hall–Kier alpha value is -1.31. The Labute approximate surface area is 53.3 Å². The molecule has 0 aromatic heterocycles. The van der Waals surface area contributed by atoms with Crippen molar-refractivity contribution in [1.29, 1.82) is 5.41 Å². The molecule has 1 aromatic rings. The van der Waals surface area contributed by atoms with Crippen LogP contribution >= 0.6 is 0 Å². The van der Waals surface area contributed by atoms with E-state index in [4.69, 9.17) is 5.41 Å². The van der Waals surface area contributed by atoms with Crippen LogP contribution in [0.1, 0.15) is 5.56 Å². The molecule has 0 aliphatic heterocycles. The van der Waals surface area contributed by atoms with Crippen molar-refractivity contribution in [3.8, 4) is 5.75 Å². The lowest BCUT2D eigenvalue weighted by Crippen LogP contribution is -1.93. The van der Waals surface area contributed by atoms with Crippen molar-refractivity contribution in [3.63, 3.8) is 0 Å². The molecule has 0 amide bonds. The molecule has 1 aromatic carbocycles. The Balaban J connectivity index is 3.15. The SMILES string of the molecule is N=Cc1ccccc1[O-]. The van der Waals surface area contributed by atoms with Gasteiger partial charge in [-0.1, -0.05) is 24.3 Å². The molecule has 0 bridgehead atoms. The third-order valence-electron chi connectivity index (χ3n) is 1.07. The first-order valence-electron chi connectivity index (χ1n) is 2.61. The first-order chi connectivity index (χ1) is 4.34. The van der Waals surface area contributed by atoms with Gasteiger partial charge in [0.25, 0.3) is 0 Å². The highest BCUT2D eigenvalue weighted by Crippen LogP contribution is 2.07. The van der Waals surface area contributed by atoms with Crippen LogP contribution in [0.5, 0.6) is 5.75 Å². The molecule has 0 radical (unpaired) electrons. The van der Waals surface area contributed by atoms with Gasteiger partial charge in [-0.2, -0.15) is 0 Å². The number of hydrogen-bond donors (Lipinski definition) is 1. The Morgan fingerprint density at radius 3 is 2.44 bits per heavy atom. The van der Waals surface area contributed by atoms with Gasteiger partial charge in [0.05, 0.1) is 0 Å². The van der Waals surface area contributed by atoms with Gasteiger partial charge in [-0.05, 0) is 5.56 Å². The van der Waals surface area contributed by atoms with Crippen LogP contribution < -0.4 is 5.11 Å². The molecule has 2 nitrogen and oxygen atoms in total.